The lowest BCUT2D eigenvalue weighted by atomic mass is 9.88. The van der Waals surface area contributed by atoms with Crippen LogP contribution < -0.4 is 14.4 Å². The average Bonchev–Trinajstić information content (AvgIpc) is 2.72. The molecular weight excluding hydrogens is 357 g/mol. The SMILES string of the molecule is COc1cc([C](C)C)cc(N2CCC(C(=O)c3ccc(F)cc3)CC2)c1OC. The summed E-state index contributed by atoms with van der Waals surface area (Å²) < 4.78 is 24.3. The second kappa shape index (κ2) is 8.63. The smallest absolute Gasteiger partial charge is 0.184 e. The van der Waals surface area contributed by atoms with Gasteiger partial charge in [0.15, 0.2) is 17.3 Å². The minimum atomic E-state index is -0.324. The second-order valence-corrected chi connectivity index (χ2v) is 7.36. The standard InChI is InChI=1S/C23H27FNO3/c1-15(2)18-13-20(23(28-4)21(14-18)27-3)25-11-9-17(10-12-25)22(26)16-5-7-19(24)8-6-16/h5-8,13-14,17H,9-12H2,1-4H3. The number of methoxy groups -OCH3 is 2. The van der Waals surface area contributed by atoms with Crippen molar-refractivity contribution >= 4 is 11.5 Å². The fraction of sp³-hybridized carbons (Fsp3) is 0.391. The van der Waals surface area contributed by atoms with Crippen molar-refractivity contribution < 1.29 is 18.7 Å². The van der Waals surface area contributed by atoms with E-state index in [0.717, 1.165) is 42.9 Å². The molecule has 0 aromatic heterocycles. The van der Waals surface area contributed by atoms with Crippen molar-refractivity contribution in [2.45, 2.75) is 26.7 Å². The lowest BCUT2D eigenvalue weighted by Crippen LogP contribution is -2.36. The molecule has 1 heterocycles. The Hall–Kier alpha value is -2.56. The van der Waals surface area contributed by atoms with Crippen LogP contribution in [0.3, 0.4) is 0 Å². The van der Waals surface area contributed by atoms with Crippen molar-refractivity contribution in [2.75, 3.05) is 32.2 Å². The maximum absolute atomic E-state index is 13.1. The molecule has 0 spiro atoms. The van der Waals surface area contributed by atoms with Gasteiger partial charge in [0.2, 0.25) is 0 Å². The van der Waals surface area contributed by atoms with Gasteiger partial charge in [-0.15, -0.1) is 0 Å². The third-order valence-corrected chi connectivity index (χ3v) is 5.37. The fourth-order valence-electron chi connectivity index (χ4n) is 3.70. The minimum Gasteiger partial charge on any atom is -0.493 e. The molecule has 1 saturated heterocycles. The number of benzene rings is 2. The second-order valence-electron chi connectivity index (χ2n) is 7.36. The van der Waals surface area contributed by atoms with E-state index in [1.54, 1.807) is 26.4 Å². The number of rotatable bonds is 6. The van der Waals surface area contributed by atoms with Gasteiger partial charge in [-0.1, -0.05) is 13.8 Å². The molecule has 1 radical (unpaired) electrons. The van der Waals surface area contributed by atoms with E-state index in [2.05, 4.69) is 24.8 Å². The number of carbonyl (C=O) groups is 1. The van der Waals surface area contributed by atoms with Crippen LogP contribution in [0.1, 0.15) is 42.6 Å². The van der Waals surface area contributed by atoms with E-state index in [9.17, 15) is 9.18 Å². The molecule has 0 bridgehead atoms. The highest BCUT2D eigenvalue weighted by Crippen LogP contribution is 2.41. The molecule has 0 amide bonds. The van der Waals surface area contributed by atoms with Gasteiger partial charge in [0, 0.05) is 24.6 Å². The molecule has 1 aliphatic rings. The predicted octanol–water partition coefficient (Wildman–Crippen LogP) is 4.90. The molecule has 2 aromatic rings. The first-order chi connectivity index (χ1) is 13.4. The van der Waals surface area contributed by atoms with Crippen LogP contribution in [0.4, 0.5) is 10.1 Å². The first-order valence-corrected chi connectivity index (χ1v) is 9.56. The summed E-state index contributed by atoms with van der Waals surface area (Å²) in [5.74, 6) is 2.35. The van der Waals surface area contributed by atoms with E-state index < -0.39 is 0 Å². The summed E-state index contributed by atoms with van der Waals surface area (Å²) in [4.78, 5) is 15.0. The molecule has 1 fully saturated rings. The quantitative estimate of drug-likeness (QED) is 0.664. The number of ether oxygens (including phenoxy) is 2. The van der Waals surface area contributed by atoms with Crippen LogP contribution >= 0.6 is 0 Å². The Morgan fingerprint density at radius 3 is 2.18 bits per heavy atom. The lowest BCUT2D eigenvalue weighted by Gasteiger charge is -2.34. The number of carbonyl (C=O) groups excluding carboxylic acids is 1. The van der Waals surface area contributed by atoms with Crippen LogP contribution in [-0.4, -0.2) is 33.1 Å². The van der Waals surface area contributed by atoms with Gasteiger partial charge in [0.05, 0.1) is 19.9 Å². The summed E-state index contributed by atoms with van der Waals surface area (Å²) >= 11 is 0. The van der Waals surface area contributed by atoms with E-state index in [1.165, 1.54) is 18.1 Å². The highest BCUT2D eigenvalue weighted by atomic mass is 19.1. The first-order valence-electron chi connectivity index (χ1n) is 9.56. The zero-order valence-corrected chi connectivity index (χ0v) is 16.9. The van der Waals surface area contributed by atoms with Gasteiger partial charge in [-0.05, 0) is 60.7 Å². The molecule has 0 unspecified atom stereocenters. The van der Waals surface area contributed by atoms with Crippen LogP contribution in [0.15, 0.2) is 36.4 Å². The maximum atomic E-state index is 13.1. The van der Waals surface area contributed by atoms with Crippen LogP contribution in [0.25, 0.3) is 0 Å². The summed E-state index contributed by atoms with van der Waals surface area (Å²) in [5, 5.41) is 0. The normalized spacial score (nSPS) is 15.0. The summed E-state index contributed by atoms with van der Waals surface area (Å²) in [5.41, 5.74) is 2.68. The number of ketones is 1. The van der Waals surface area contributed by atoms with Gasteiger partial charge < -0.3 is 14.4 Å². The molecule has 5 heteroatoms. The molecule has 4 nitrogen and oxygen atoms in total. The molecule has 0 atom stereocenters. The molecule has 149 valence electrons. The number of hydrogen-bond acceptors (Lipinski definition) is 4. The molecule has 28 heavy (non-hydrogen) atoms. The van der Waals surface area contributed by atoms with Crippen molar-refractivity contribution in [3.05, 3.63) is 59.3 Å². The number of Topliss-reactive ketones (excluding diaryl/α,β-unsaturated/α-hetero) is 1. The summed E-state index contributed by atoms with van der Waals surface area (Å²) in [6.45, 7) is 5.64. The minimum absolute atomic E-state index is 0.0442. The van der Waals surface area contributed by atoms with Crippen LogP contribution in [0, 0.1) is 17.7 Å². The topological polar surface area (TPSA) is 38.8 Å². The molecule has 0 saturated carbocycles. The van der Waals surface area contributed by atoms with Crippen molar-refractivity contribution in [3.63, 3.8) is 0 Å². The highest BCUT2D eigenvalue weighted by molar-refractivity contribution is 5.98. The Morgan fingerprint density at radius 2 is 1.64 bits per heavy atom. The Labute approximate surface area is 166 Å². The predicted molar refractivity (Wildman–Crippen MR) is 109 cm³/mol. The monoisotopic (exact) mass is 384 g/mol. The molecule has 3 rings (SSSR count). The van der Waals surface area contributed by atoms with E-state index in [4.69, 9.17) is 9.47 Å². The number of halogens is 1. The average molecular weight is 384 g/mol. The zero-order valence-electron chi connectivity index (χ0n) is 16.9. The molecular formula is C23H27FNO3. The largest absolute Gasteiger partial charge is 0.493 e. The van der Waals surface area contributed by atoms with Crippen LogP contribution in [-0.2, 0) is 0 Å². The third-order valence-electron chi connectivity index (χ3n) is 5.37. The van der Waals surface area contributed by atoms with Gasteiger partial charge in [-0.2, -0.15) is 0 Å². The van der Waals surface area contributed by atoms with Crippen LogP contribution in [0.2, 0.25) is 0 Å². The summed E-state index contributed by atoms with van der Waals surface area (Å²) in [6.07, 6.45) is 1.50. The van der Waals surface area contributed by atoms with E-state index in [0.29, 0.717) is 11.3 Å². The molecule has 1 aliphatic heterocycles. The Bertz CT molecular complexity index is 824. The maximum Gasteiger partial charge on any atom is 0.184 e. The van der Waals surface area contributed by atoms with Crippen molar-refractivity contribution in [1.29, 1.82) is 0 Å². The summed E-state index contributed by atoms with van der Waals surface area (Å²) in [7, 11) is 3.29. The van der Waals surface area contributed by atoms with Gasteiger partial charge in [-0.3, -0.25) is 4.79 Å². The van der Waals surface area contributed by atoms with Crippen molar-refractivity contribution in [3.8, 4) is 11.5 Å². The van der Waals surface area contributed by atoms with Gasteiger partial charge in [-0.25, -0.2) is 4.39 Å². The first kappa shape index (κ1) is 20.2. The lowest BCUT2D eigenvalue weighted by molar-refractivity contribution is 0.0900. The Morgan fingerprint density at radius 1 is 1.00 bits per heavy atom. The van der Waals surface area contributed by atoms with E-state index in [1.807, 2.05) is 6.07 Å². The molecule has 0 aliphatic carbocycles. The van der Waals surface area contributed by atoms with Gasteiger partial charge in [0.25, 0.3) is 0 Å². The number of anilines is 1. The summed E-state index contributed by atoms with van der Waals surface area (Å²) in [6, 6.07) is 9.94. The van der Waals surface area contributed by atoms with Crippen molar-refractivity contribution in [1.82, 2.24) is 0 Å². The number of hydrogen-bond donors (Lipinski definition) is 0. The molecule has 0 N–H and O–H groups in total. The van der Waals surface area contributed by atoms with Gasteiger partial charge >= 0.3 is 0 Å². The number of piperidine rings is 1. The van der Waals surface area contributed by atoms with Gasteiger partial charge in [0.1, 0.15) is 5.82 Å². The number of nitrogens with zero attached hydrogens (tertiary/aromatic N) is 1. The third kappa shape index (κ3) is 4.13. The zero-order chi connectivity index (χ0) is 20.3. The van der Waals surface area contributed by atoms with E-state index in [-0.39, 0.29) is 17.5 Å². The molecule has 2 aromatic carbocycles. The van der Waals surface area contributed by atoms with Crippen molar-refractivity contribution in [2.24, 2.45) is 5.92 Å². The fourth-order valence-corrected chi connectivity index (χ4v) is 3.70. The van der Waals surface area contributed by atoms with Crippen LogP contribution in [0.5, 0.6) is 11.5 Å². The van der Waals surface area contributed by atoms with E-state index >= 15 is 0 Å². The Balaban J connectivity index is 1.78. The Kier molecular flexibility index (Phi) is 6.22. The highest BCUT2D eigenvalue weighted by Gasteiger charge is 2.28.